The highest BCUT2D eigenvalue weighted by Gasteiger charge is 2.14. The van der Waals surface area contributed by atoms with E-state index in [1.54, 1.807) is 6.20 Å². The number of para-hydroxylation sites is 1. The van der Waals surface area contributed by atoms with E-state index in [-0.39, 0.29) is 5.88 Å². The van der Waals surface area contributed by atoms with Gasteiger partial charge in [-0.3, -0.25) is 0 Å². The molecule has 2 aromatic carbocycles. The van der Waals surface area contributed by atoms with Crippen molar-refractivity contribution in [1.82, 2.24) is 9.55 Å². The normalized spacial score (nSPS) is 11.7. The van der Waals surface area contributed by atoms with E-state index < -0.39 is 0 Å². The highest BCUT2D eigenvalue weighted by atomic mass is 16.3. The minimum Gasteiger partial charge on any atom is -0.493 e. The van der Waals surface area contributed by atoms with Crippen LogP contribution in [0.25, 0.3) is 32.6 Å². The van der Waals surface area contributed by atoms with E-state index in [1.165, 1.54) is 22.0 Å². The van der Waals surface area contributed by atoms with Crippen LogP contribution < -0.4 is 0 Å². The Morgan fingerprint density at radius 1 is 1.00 bits per heavy atom. The number of rotatable bonds is 0. The topological polar surface area (TPSA) is 38.1 Å². The summed E-state index contributed by atoms with van der Waals surface area (Å²) in [5, 5.41) is 14.3. The zero-order valence-electron chi connectivity index (χ0n) is 11.4. The summed E-state index contributed by atoms with van der Waals surface area (Å²) in [7, 11) is 2.09. The van der Waals surface area contributed by atoms with Gasteiger partial charge in [0, 0.05) is 34.9 Å². The summed E-state index contributed by atoms with van der Waals surface area (Å²) < 4.78 is 2.22. The third-order valence-corrected chi connectivity index (χ3v) is 4.16. The molecule has 0 bridgehead atoms. The molecule has 0 atom stereocenters. The Hall–Kier alpha value is -2.55. The van der Waals surface area contributed by atoms with E-state index in [9.17, 15) is 5.11 Å². The van der Waals surface area contributed by atoms with Crippen LogP contribution in [0, 0.1) is 6.92 Å². The Morgan fingerprint density at radius 2 is 1.80 bits per heavy atom. The summed E-state index contributed by atoms with van der Waals surface area (Å²) in [6, 6.07) is 12.3. The number of hydrogen-bond acceptors (Lipinski definition) is 2. The third kappa shape index (κ3) is 1.27. The van der Waals surface area contributed by atoms with E-state index in [0.717, 1.165) is 16.2 Å². The molecule has 0 aliphatic carbocycles. The first-order valence-corrected chi connectivity index (χ1v) is 6.63. The summed E-state index contributed by atoms with van der Waals surface area (Å²) in [5.41, 5.74) is 3.59. The first-order valence-electron chi connectivity index (χ1n) is 6.63. The molecule has 0 spiro atoms. The second-order valence-corrected chi connectivity index (χ2v) is 5.20. The molecule has 0 radical (unpaired) electrons. The number of nitrogens with zero attached hydrogens (tertiary/aromatic N) is 2. The van der Waals surface area contributed by atoms with E-state index in [1.807, 2.05) is 18.2 Å². The molecule has 2 heterocycles. The second kappa shape index (κ2) is 3.73. The minimum atomic E-state index is 0.0976. The van der Waals surface area contributed by atoms with Crippen molar-refractivity contribution in [2.45, 2.75) is 6.92 Å². The fourth-order valence-electron chi connectivity index (χ4n) is 3.23. The van der Waals surface area contributed by atoms with E-state index in [4.69, 9.17) is 0 Å². The number of benzene rings is 2. The van der Waals surface area contributed by atoms with Gasteiger partial charge >= 0.3 is 0 Å². The molecule has 0 saturated carbocycles. The lowest BCUT2D eigenvalue weighted by Crippen LogP contribution is -1.91. The lowest BCUT2D eigenvalue weighted by molar-refractivity contribution is 0.460. The van der Waals surface area contributed by atoms with Crippen molar-refractivity contribution in [3.8, 4) is 5.88 Å². The second-order valence-electron chi connectivity index (χ2n) is 5.20. The lowest BCUT2D eigenvalue weighted by atomic mass is 10.0. The largest absolute Gasteiger partial charge is 0.493 e. The molecule has 1 N–H and O–H groups in total. The predicted octanol–water partition coefficient (Wildman–Crippen LogP) is 3.89. The third-order valence-electron chi connectivity index (χ3n) is 4.16. The van der Waals surface area contributed by atoms with Crippen LogP contribution >= 0.6 is 0 Å². The number of fused-ring (bicyclic) bond motifs is 4. The average Bonchev–Trinajstić information content (AvgIpc) is 2.75. The van der Waals surface area contributed by atoms with Gasteiger partial charge in [-0.1, -0.05) is 18.2 Å². The molecule has 0 aliphatic heterocycles. The predicted molar refractivity (Wildman–Crippen MR) is 82.1 cm³/mol. The molecule has 0 fully saturated rings. The van der Waals surface area contributed by atoms with Crippen LogP contribution in [0.5, 0.6) is 5.88 Å². The number of aryl methyl sites for hydroxylation is 2. The van der Waals surface area contributed by atoms with Crippen LogP contribution in [-0.4, -0.2) is 14.7 Å². The van der Waals surface area contributed by atoms with Gasteiger partial charge in [0.15, 0.2) is 0 Å². The van der Waals surface area contributed by atoms with Crippen LogP contribution in [0.3, 0.4) is 0 Å². The molecule has 4 aromatic rings. The summed E-state index contributed by atoms with van der Waals surface area (Å²) in [6.07, 6.45) is 1.65. The van der Waals surface area contributed by atoms with Gasteiger partial charge in [-0.05, 0) is 36.1 Å². The van der Waals surface area contributed by atoms with E-state index in [0.29, 0.717) is 0 Å². The van der Waals surface area contributed by atoms with Crippen molar-refractivity contribution in [1.29, 1.82) is 0 Å². The van der Waals surface area contributed by atoms with Gasteiger partial charge in [-0.2, -0.15) is 0 Å². The highest BCUT2D eigenvalue weighted by molar-refractivity contribution is 6.15. The maximum atomic E-state index is 10.0. The SMILES string of the molecule is Cc1c2ccnc(O)c2cc2c3ccccc3n(C)c12. The molecule has 3 heteroatoms. The fourth-order valence-corrected chi connectivity index (χ4v) is 3.23. The number of aromatic hydroxyl groups is 1. The lowest BCUT2D eigenvalue weighted by Gasteiger charge is -2.07. The van der Waals surface area contributed by atoms with E-state index >= 15 is 0 Å². The van der Waals surface area contributed by atoms with E-state index in [2.05, 4.69) is 41.7 Å². The average molecular weight is 262 g/mol. The molecule has 3 nitrogen and oxygen atoms in total. The van der Waals surface area contributed by atoms with Gasteiger partial charge in [0.2, 0.25) is 5.88 Å². The Morgan fingerprint density at radius 3 is 2.65 bits per heavy atom. The molecule has 2 aromatic heterocycles. The molecule has 4 rings (SSSR count). The molecule has 20 heavy (non-hydrogen) atoms. The first kappa shape index (κ1) is 11.3. The summed E-state index contributed by atoms with van der Waals surface area (Å²) in [5.74, 6) is 0.0976. The van der Waals surface area contributed by atoms with Crippen molar-refractivity contribution in [3.05, 3.63) is 48.2 Å². The van der Waals surface area contributed by atoms with Crippen LogP contribution in [-0.2, 0) is 7.05 Å². The molecular formula is C17H14N2O. The van der Waals surface area contributed by atoms with Gasteiger partial charge < -0.3 is 9.67 Å². The monoisotopic (exact) mass is 262 g/mol. The molecule has 0 amide bonds. The van der Waals surface area contributed by atoms with Crippen molar-refractivity contribution < 1.29 is 5.11 Å². The zero-order valence-corrected chi connectivity index (χ0v) is 11.4. The van der Waals surface area contributed by atoms with Gasteiger partial charge in [-0.15, -0.1) is 0 Å². The van der Waals surface area contributed by atoms with Crippen molar-refractivity contribution in [2.75, 3.05) is 0 Å². The van der Waals surface area contributed by atoms with Gasteiger partial charge in [0.1, 0.15) is 0 Å². The van der Waals surface area contributed by atoms with Gasteiger partial charge in [0.05, 0.1) is 5.52 Å². The Balaban J connectivity index is 2.38. The minimum absolute atomic E-state index is 0.0976. The molecule has 98 valence electrons. The maximum absolute atomic E-state index is 10.0. The zero-order chi connectivity index (χ0) is 13.9. The Labute approximate surface area is 116 Å². The smallest absolute Gasteiger partial charge is 0.218 e. The summed E-state index contributed by atoms with van der Waals surface area (Å²) in [4.78, 5) is 3.99. The molecule has 0 saturated heterocycles. The summed E-state index contributed by atoms with van der Waals surface area (Å²) in [6.45, 7) is 2.10. The van der Waals surface area contributed by atoms with Gasteiger partial charge in [-0.25, -0.2) is 4.98 Å². The number of hydrogen-bond donors (Lipinski definition) is 1. The molecular weight excluding hydrogens is 248 g/mol. The number of pyridine rings is 1. The molecule has 0 aliphatic rings. The van der Waals surface area contributed by atoms with Crippen LogP contribution in [0.1, 0.15) is 5.56 Å². The van der Waals surface area contributed by atoms with Crippen molar-refractivity contribution in [2.24, 2.45) is 7.05 Å². The highest BCUT2D eigenvalue weighted by Crippen LogP contribution is 2.36. The van der Waals surface area contributed by atoms with Crippen LogP contribution in [0.2, 0.25) is 0 Å². The van der Waals surface area contributed by atoms with Crippen LogP contribution in [0.15, 0.2) is 42.6 Å². The Kier molecular flexibility index (Phi) is 2.11. The van der Waals surface area contributed by atoms with Crippen LogP contribution in [0.4, 0.5) is 0 Å². The fraction of sp³-hybridized carbons (Fsp3) is 0.118. The number of aromatic nitrogens is 2. The molecule has 0 unspecified atom stereocenters. The van der Waals surface area contributed by atoms with Gasteiger partial charge in [0.25, 0.3) is 0 Å². The standard InChI is InChI=1S/C17H14N2O/c1-10-11-7-8-18-17(20)14(11)9-13-12-5-3-4-6-15(12)19(2)16(10)13/h3-9H,1-2H3,(H,18,20). The Bertz CT molecular complexity index is 983. The quantitative estimate of drug-likeness (QED) is 0.522. The maximum Gasteiger partial charge on any atom is 0.218 e. The summed E-state index contributed by atoms with van der Waals surface area (Å²) >= 11 is 0. The van der Waals surface area contributed by atoms with Crippen molar-refractivity contribution in [3.63, 3.8) is 0 Å². The first-order chi connectivity index (χ1) is 9.68. The van der Waals surface area contributed by atoms with Crippen molar-refractivity contribution >= 4 is 32.6 Å².